The summed E-state index contributed by atoms with van der Waals surface area (Å²) in [6.07, 6.45) is 10.9. The summed E-state index contributed by atoms with van der Waals surface area (Å²) in [5, 5.41) is 1.33. The Morgan fingerprint density at radius 3 is 2.61 bits per heavy atom. The summed E-state index contributed by atoms with van der Waals surface area (Å²) in [5.41, 5.74) is 3.38. The van der Waals surface area contributed by atoms with E-state index in [1.54, 1.807) is 5.69 Å². The molecule has 0 amide bonds. The van der Waals surface area contributed by atoms with Crippen LogP contribution in [0.2, 0.25) is 0 Å². The van der Waals surface area contributed by atoms with Gasteiger partial charge in [-0.25, -0.2) is 0 Å². The Morgan fingerprint density at radius 2 is 1.78 bits per heavy atom. The summed E-state index contributed by atoms with van der Waals surface area (Å²) in [7, 11) is 0. The predicted molar refractivity (Wildman–Crippen MR) is 91.7 cm³/mol. The molecule has 2 heterocycles. The fraction of sp³-hybridized carbons (Fsp3) is 0.571. The van der Waals surface area contributed by atoms with E-state index in [9.17, 15) is 0 Å². The summed E-state index contributed by atoms with van der Waals surface area (Å²) in [6, 6.07) is 11.3. The molecule has 3 aliphatic carbocycles. The van der Waals surface area contributed by atoms with Crippen LogP contribution in [0.3, 0.4) is 0 Å². The molecule has 1 aliphatic heterocycles. The Morgan fingerprint density at radius 1 is 0.957 bits per heavy atom. The van der Waals surface area contributed by atoms with E-state index in [-0.39, 0.29) is 0 Å². The van der Waals surface area contributed by atoms with E-state index in [1.165, 1.54) is 55.8 Å². The molecular weight excluding hydrogens is 282 g/mol. The normalized spacial score (nSPS) is 29.8. The average molecular weight is 308 g/mol. The van der Waals surface area contributed by atoms with Crippen molar-refractivity contribution in [3.8, 4) is 5.75 Å². The standard InChI is InChI=1S/C21H26NO/c1-2-15-23-18-5-3-4-17-6-7-19(22(14-1)20(17)18)21-11-8-16(9-12-21)10-13-21/h3-7,16H,1-2,8-15H2/q+1. The summed E-state index contributed by atoms with van der Waals surface area (Å²) < 4.78 is 8.73. The van der Waals surface area contributed by atoms with Gasteiger partial charge in [-0.15, -0.1) is 0 Å². The molecule has 120 valence electrons. The first-order chi connectivity index (χ1) is 11.4. The van der Waals surface area contributed by atoms with Gasteiger partial charge in [0.15, 0.2) is 11.4 Å². The highest BCUT2D eigenvalue weighted by Crippen LogP contribution is 2.51. The zero-order valence-electron chi connectivity index (χ0n) is 13.9. The second kappa shape index (κ2) is 5.22. The van der Waals surface area contributed by atoms with Gasteiger partial charge >= 0.3 is 0 Å². The van der Waals surface area contributed by atoms with Crippen LogP contribution in [0.25, 0.3) is 10.9 Å². The molecule has 2 aromatic rings. The quantitative estimate of drug-likeness (QED) is 0.706. The highest BCUT2D eigenvalue weighted by molar-refractivity contribution is 5.81. The van der Waals surface area contributed by atoms with Gasteiger partial charge in [-0.2, -0.15) is 4.57 Å². The van der Waals surface area contributed by atoms with E-state index >= 15 is 0 Å². The van der Waals surface area contributed by atoms with Gasteiger partial charge in [0.25, 0.3) is 5.52 Å². The molecule has 1 aromatic heterocycles. The van der Waals surface area contributed by atoms with Crippen LogP contribution in [0.1, 0.15) is 57.1 Å². The number of nitrogens with zero attached hydrogens (tertiary/aromatic N) is 1. The lowest BCUT2D eigenvalue weighted by atomic mass is 9.59. The molecule has 0 radical (unpaired) electrons. The molecule has 0 N–H and O–H groups in total. The fourth-order valence-corrected chi connectivity index (χ4v) is 5.34. The zero-order chi connectivity index (χ0) is 15.3. The molecule has 23 heavy (non-hydrogen) atoms. The zero-order valence-corrected chi connectivity index (χ0v) is 13.9. The van der Waals surface area contributed by atoms with Crippen LogP contribution >= 0.6 is 0 Å². The van der Waals surface area contributed by atoms with Crippen molar-refractivity contribution in [3.63, 3.8) is 0 Å². The van der Waals surface area contributed by atoms with E-state index in [4.69, 9.17) is 4.74 Å². The van der Waals surface area contributed by atoms with Gasteiger partial charge in [0.1, 0.15) is 6.54 Å². The number of benzene rings is 1. The molecule has 0 saturated heterocycles. The first-order valence-corrected chi connectivity index (χ1v) is 9.45. The smallest absolute Gasteiger partial charge is 0.255 e. The van der Waals surface area contributed by atoms with Crippen molar-refractivity contribution in [2.45, 2.75) is 63.3 Å². The number of aryl methyl sites for hydroxylation is 1. The van der Waals surface area contributed by atoms with Crippen LogP contribution in [-0.2, 0) is 12.0 Å². The Labute approximate surface area is 138 Å². The summed E-state index contributed by atoms with van der Waals surface area (Å²) in [5.74, 6) is 2.11. The van der Waals surface area contributed by atoms with E-state index in [1.807, 2.05) is 0 Å². The SMILES string of the molecule is c1cc2c3c(c1)ccc(C14CCC(CC1)CC4)[n+]3CCCCO2. The molecule has 3 fully saturated rings. The van der Waals surface area contributed by atoms with Gasteiger partial charge < -0.3 is 4.74 Å². The number of ether oxygens (including phenoxy) is 1. The summed E-state index contributed by atoms with van der Waals surface area (Å²) in [6.45, 7) is 2.01. The van der Waals surface area contributed by atoms with E-state index in [0.717, 1.165) is 31.2 Å². The van der Waals surface area contributed by atoms with Crippen molar-refractivity contribution in [1.29, 1.82) is 0 Å². The van der Waals surface area contributed by atoms with Gasteiger partial charge in [0.2, 0.25) is 0 Å². The average Bonchev–Trinajstić information content (AvgIpc) is 2.60. The van der Waals surface area contributed by atoms with Crippen LogP contribution < -0.4 is 9.30 Å². The first kappa shape index (κ1) is 13.8. The number of fused-ring (bicyclic) bond motifs is 3. The minimum Gasteiger partial charge on any atom is -0.487 e. The van der Waals surface area contributed by atoms with Crippen molar-refractivity contribution in [3.05, 3.63) is 36.0 Å². The van der Waals surface area contributed by atoms with Gasteiger partial charge in [-0.05, 0) is 69.1 Å². The van der Waals surface area contributed by atoms with Crippen molar-refractivity contribution in [2.24, 2.45) is 5.92 Å². The maximum absolute atomic E-state index is 6.10. The van der Waals surface area contributed by atoms with Gasteiger partial charge in [0.05, 0.1) is 17.4 Å². The highest BCUT2D eigenvalue weighted by Gasteiger charge is 2.47. The number of hydrogen-bond acceptors (Lipinski definition) is 1. The predicted octanol–water partition coefficient (Wildman–Crippen LogP) is 4.52. The van der Waals surface area contributed by atoms with Crippen LogP contribution in [0.5, 0.6) is 5.75 Å². The molecule has 0 spiro atoms. The second-order valence-electron chi connectivity index (χ2n) is 7.88. The minimum absolute atomic E-state index is 0.440. The summed E-state index contributed by atoms with van der Waals surface area (Å²) in [4.78, 5) is 0. The summed E-state index contributed by atoms with van der Waals surface area (Å²) >= 11 is 0. The Kier molecular flexibility index (Phi) is 3.14. The van der Waals surface area contributed by atoms with E-state index in [0.29, 0.717) is 5.41 Å². The maximum Gasteiger partial charge on any atom is 0.255 e. The lowest BCUT2D eigenvalue weighted by Crippen LogP contribution is -2.50. The number of para-hydroxylation sites is 1. The van der Waals surface area contributed by atoms with Crippen molar-refractivity contribution in [2.75, 3.05) is 6.61 Å². The first-order valence-electron chi connectivity index (χ1n) is 9.45. The second-order valence-corrected chi connectivity index (χ2v) is 7.88. The van der Waals surface area contributed by atoms with Crippen LogP contribution in [-0.4, -0.2) is 6.61 Å². The lowest BCUT2D eigenvalue weighted by molar-refractivity contribution is -0.684. The minimum atomic E-state index is 0.440. The van der Waals surface area contributed by atoms with Crippen molar-refractivity contribution >= 4 is 10.9 Å². The number of pyridine rings is 1. The monoisotopic (exact) mass is 308 g/mol. The molecule has 4 aliphatic rings. The fourth-order valence-electron chi connectivity index (χ4n) is 5.34. The van der Waals surface area contributed by atoms with Gasteiger partial charge in [0, 0.05) is 12.5 Å². The van der Waals surface area contributed by atoms with E-state index < -0.39 is 0 Å². The third-order valence-corrected chi connectivity index (χ3v) is 6.68. The number of rotatable bonds is 1. The van der Waals surface area contributed by atoms with Crippen LogP contribution in [0, 0.1) is 5.92 Å². The Bertz CT molecular complexity index is 729. The maximum atomic E-state index is 6.10. The van der Waals surface area contributed by atoms with Gasteiger partial charge in [-0.3, -0.25) is 0 Å². The Balaban J connectivity index is 1.74. The van der Waals surface area contributed by atoms with Crippen molar-refractivity contribution < 1.29 is 9.30 Å². The molecule has 0 atom stereocenters. The highest BCUT2D eigenvalue weighted by atomic mass is 16.5. The molecule has 6 rings (SSSR count). The molecule has 1 aromatic carbocycles. The van der Waals surface area contributed by atoms with Crippen molar-refractivity contribution in [1.82, 2.24) is 0 Å². The molecule has 0 unspecified atom stereocenters. The van der Waals surface area contributed by atoms with Crippen LogP contribution in [0.15, 0.2) is 30.3 Å². The third-order valence-electron chi connectivity index (χ3n) is 6.68. The molecule has 2 bridgehead atoms. The molecule has 2 heteroatoms. The Hall–Kier alpha value is -1.57. The molecular formula is C21H26NO+. The molecule has 3 saturated carbocycles. The van der Waals surface area contributed by atoms with E-state index in [2.05, 4.69) is 34.9 Å². The van der Waals surface area contributed by atoms with Crippen LogP contribution in [0.4, 0.5) is 0 Å². The third kappa shape index (κ3) is 2.10. The molecule has 2 nitrogen and oxygen atoms in total. The number of hydrogen-bond donors (Lipinski definition) is 0. The van der Waals surface area contributed by atoms with Gasteiger partial charge in [-0.1, -0.05) is 6.07 Å². The lowest BCUT2D eigenvalue weighted by Gasteiger charge is -2.44. The largest absolute Gasteiger partial charge is 0.487 e. The number of aromatic nitrogens is 1. The topological polar surface area (TPSA) is 13.1 Å².